The van der Waals surface area contributed by atoms with Gasteiger partial charge in [-0.05, 0) is 61.1 Å². The van der Waals surface area contributed by atoms with Crippen molar-refractivity contribution in [3.05, 3.63) is 59.7 Å². The highest BCUT2D eigenvalue weighted by atomic mass is 32.2. The molecular formula is C21H28N2O3S. The Kier molecular flexibility index (Phi) is 6.74. The van der Waals surface area contributed by atoms with Gasteiger partial charge in [0.15, 0.2) is 0 Å². The number of benzene rings is 2. The first-order valence-electron chi connectivity index (χ1n) is 9.50. The zero-order valence-corrected chi connectivity index (χ0v) is 16.7. The first kappa shape index (κ1) is 19.7. The highest BCUT2D eigenvalue weighted by molar-refractivity contribution is 7.89. The molecule has 0 aromatic heterocycles. The normalized spacial score (nSPS) is 14.5. The SMILES string of the molecule is COc1ccc(CCS(=O)(=O)NCCc2ccc(N3CCCC3)cc2)cc1. The van der Waals surface area contributed by atoms with E-state index in [4.69, 9.17) is 4.74 Å². The van der Waals surface area contributed by atoms with E-state index in [1.807, 2.05) is 24.3 Å². The van der Waals surface area contributed by atoms with E-state index in [0.717, 1.165) is 30.0 Å². The number of anilines is 1. The second kappa shape index (κ2) is 9.24. The van der Waals surface area contributed by atoms with Gasteiger partial charge in [0.1, 0.15) is 5.75 Å². The van der Waals surface area contributed by atoms with Crippen molar-refractivity contribution >= 4 is 15.7 Å². The molecule has 3 rings (SSSR count). The van der Waals surface area contributed by atoms with Gasteiger partial charge < -0.3 is 9.64 Å². The zero-order valence-electron chi connectivity index (χ0n) is 15.9. The van der Waals surface area contributed by atoms with Gasteiger partial charge in [-0.15, -0.1) is 0 Å². The largest absolute Gasteiger partial charge is 0.497 e. The molecule has 1 fully saturated rings. The fraction of sp³-hybridized carbons (Fsp3) is 0.429. The summed E-state index contributed by atoms with van der Waals surface area (Å²) in [6.07, 6.45) is 3.71. The minimum atomic E-state index is -3.28. The molecule has 1 aliphatic rings. The first-order valence-corrected chi connectivity index (χ1v) is 11.2. The molecule has 0 saturated carbocycles. The van der Waals surface area contributed by atoms with Gasteiger partial charge >= 0.3 is 0 Å². The Morgan fingerprint density at radius 3 is 2.15 bits per heavy atom. The van der Waals surface area contributed by atoms with Gasteiger partial charge in [0.25, 0.3) is 0 Å². The number of methoxy groups -OCH3 is 1. The molecule has 6 heteroatoms. The van der Waals surface area contributed by atoms with Crippen molar-refractivity contribution in [2.45, 2.75) is 25.7 Å². The third-order valence-corrected chi connectivity index (χ3v) is 6.35. The number of sulfonamides is 1. The third-order valence-electron chi connectivity index (χ3n) is 4.96. The Labute approximate surface area is 162 Å². The van der Waals surface area contributed by atoms with E-state index < -0.39 is 10.0 Å². The molecule has 2 aromatic carbocycles. The van der Waals surface area contributed by atoms with Crippen LogP contribution in [-0.4, -0.2) is 40.9 Å². The van der Waals surface area contributed by atoms with Gasteiger partial charge in [0.05, 0.1) is 12.9 Å². The molecule has 1 saturated heterocycles. The lowest BCUT2D eigenvalue weighted by Crippen LogP contribution is -2.29. The molecule has 0 spiro atoms. The number of hydrogen-bond acceptors (Lipinski definition) is 4. The molecule has 0 aliphatic carbocycles. The molecule has 0 bridgehead atoms. The second-order valence-electron chi connectivity index (χ2n) is 6.92. The fourth-order valence-electron chi connectivity index (χ4n) is 3.32. The van der Waals surface area contributed by atoms with E-state index in [1.165, 1.54) is 18.5 Å². The van der Waals surface area contributed by atoms with Gasteiger partial charge in [-0.1, -0.05) is 24.3 Å². The van der Waals surface area contributed by atoms with E-state index >= 15 is 0 Å². The monoisotopic (exact) mass is 388 g/mol. The van der Waals surface area contributed by atoms with Crippen LogP contribution in [0.15, 0.2) is 48.5 Å². The summed E-state index contributed by atoms with van der Waals surface area (Å²) in [5, 5.41) is 0. The van der Waals surface area contributed by atoms with Gasteiger partial charge in [-0.25, -0.2) is 13.1 Å². The Morgan fingerprint density at radius 2 is 1.52 bits per heavy atom. The fourth-order valence-corrected chi connectivity index (χ4v) is 4.38. The summed E-state index contributed by atoms with van der Waals surface area (Å²) in [4.78, 5) is 2.39. The Hall–Kier alpha value is -2.05. The lowest BCUT2D eigenvalue weighted by Gasteiger charge is -2.17. The van der Waals surface area contributed by atoms with E-state index in [-0.39, 0.29) is 5.75 Å². The zero-order chi connectivity index (χ0) is 19.1. The number of aryl methyl sites for hydroxylation is 1. The summed E-state index contributed by atoms with van der Waals surface area (Å²) in [5.74, 6) is 0.864. The van der Waals surface area contributed by atoms with Crippen molar-refractivity contribution in [3.63, 3.8) is 0 Å². The third kappa shape index (κ3) is 5.97. The van der Waals surface area contributed by atoms with Gasteiger partial charge in [0, 0.05) is 25.3 Å². The Balaban J connectivity index is 1.42. The lowest BCUT2D eigenvalue weighted by molar-refractivity contribution is 0.414. The van der Waals surface area contributed by atoms with E-state index in [0.29, 0.717) is 19.4 Å². The Morgan fingerprint density at radius 1 is 0.926 bits per heavy atom. The summed E-state index contributed by atoms with van der Waals surface area (Å²) in [6.45, 7) is 2.69. The maximum atomic E-state index is 12.2. The van der Waals surface area contributed by atoms with Crippen LogP contribution in [0.2, 0.25) is 0 Å². The number of ether oxygens (including phenoxy) is 1. The number of nitrogens with one attached hydrogen (secondary N) is 1. The maximum absolute atomic E-state index is 12.2. The number of hydrogen-bond donors (Lipinski definition) is 1. The smallest absolute Gasteiger partial charge is 0.211 e. The molecule has 0 atom stereocenters. The molecule has 5 nitrogen and oxygen atoms in total. The van der Waals surface area contributed by atoms with Crippen molar-refractivity contribution in [1.82, 2.24) is 4.72 Å². The van der Waals surface area contributed by atoms with Crippen LogP contribution < -0.4 is 14.4 Å². The van der Waals surface area contributed by atoms with Crippen molar-refractivity contribution < 1.29 is 13.2 Å². The molecule has 2 aromatic rings. The summed E-state index contributed by atoms with van der Waals surface area (Å²) >= 11 is 0. The van der Waals surface area contributed by atoms with Crippen molar-refractivity contribution in [2.75, 3.05) is 37.4 Å². The van der Waals surface area contributed by atoms with Gasteiger partial charge in [-0.2, -0.15) is 0 Å². The van der Waals surface area contributed by atoms with Crippen LogP contribution in [0, 0.1) is 0 Å². The summed E-state index contributed by atoms with van der Waals surface area (Å²) in [7, 11) is -1.66. The lowest BCUT2D eigenvalue weighted by atomic mass is 10.1. The summed E-state index contributed by atoms with van der Waals surface area (Å²) < 4.78 is 32.2. The quantitative estimate of drug-likeness (QED) is 0.717. The van der Waals surface area contributed by atoms with Crippen LogP contribution >= 0.6 is 0 Å². The minimum absolute atomic E-state index is 0.0905. The molecule has 1 N–H and O–H groups in total. The molecule has 146 valence electrons. The van der Waals surface area contributed by atoms with Gasteiger partial charge in [-0.3, -0.25) is 0 Å². The summed E-state index contributed by atoms with van der Waals surface area (Å²) in [5.41, 5.74) is 3.39. The van der Waals surface area contributed by atoms with Crippen LogP contribution in [0.3, 0.4) is 0 Å². The molecule has 0 unspecified atom stereocenters. The van der Waals surface area contributed by atoms with E-state index in [1.54, 1.807) is 7.11 Å². The Bertz CT molecular complexity index is 812. The van der Waals surface area contributed by atoms with Crippen molar-refractivity contribution in [3.8, 4) is 5.75 Å². The molecule has 1 heterocycles. The van der Waals surface area contributed by atoms with Crippen LogP contribution in [-0.2, 0) is 22.9 Å². The molecule has 0 radical (unpaired) electrons. The van der Waals surface area contributed by atoms with Crippen LogP contribution in [0.5, 0.6) is 5.75 Å². The first-order chi connectivity index (χ1) is 13.1. The van der Waals surface area contributed by atoms with Crippen LogP contribution in [0.1, 0.15) is 24.0 Å². The highest BCUT2D eigenvalue weighted by Crippen LogP contribution is 2.20. The minimum Gasteiger partial charge on any atom is -0.497 e. The van der Waals surface area contributed by atoms with E-state index in [9.17, 15) is 8.42 Å². The molecular weight excluding hydrogens is 360 g/mol. The number of nitrogens with zero attached hydrogens (tertiary/aromatic N) is 1. The second-order valence-corrected chi connectivity index (χ2v) is 8.85. The summed E-state index contributed by atoms with van der Waals surface area (Å²) in [6, 6.07) is 16.0. The topological polar surface area (TPSA) is 58.6 Å². The molecule has 0 amide bonds. The van der Waals surface area contributed by atoms with Crippen LogP contribution in [0.4, 0.5) is 5.69 Å². The highest BCUT2D eigenvalue weighted by Gasteiger charge is 2.12. The average molecular weight is 389 g/mol. The standard InChI is InChI=1S/C21H28N2O3S/c1-26-21-10-6-19(7-11-21)13-17-27(24,25)22-14-12-18-4-8-20(9-5-18)23-15-2-3-16-23/h4-11,22H,2-3,12-17H2,1H3. The average Bonchev–Trinajstić information content (AvgIpc) is 3.22. The maximum Gasteiger partial charge on any atom is 0.211 e. The molecule has 27 heavy (non-hydrogen) atoms. The van der Waals surface area contributed by atoms with Crippen molar-refractivity contribution in [2.24, 2.45) is 0 Å². The van der Waals surface area contributed by atoms with E-state index in [2.05, 4.69) is 33.9 Å². The van der Waals surface area contributed by atoms with Crippen LogP contribution in [0.25, 0.3) is 0 Å². The predicted octanol–water partition coefficient (Wildman–Crippen LogP) is 3.00. The molecule has 1 aliphatic heterocycles. The van der Waals surface area contributed by atoms with Crippen molar-refractivity contribution in [1.29, 1.82) is 0 Å². The number of rotatable bonds is 9. The van der Waals surface area contributed by atoms with Gasteiger partial charge in [0.2, 0.25) is 10.0 Å². The predicted molar refractivity (Wildman–Crippen MR) is 110 cm³/mol.